The Hall–Kier alpha value is 0.570. The summed E-state index contributed by atoms with van der Waals surface area (Å²) >= 11 is 0. The van der Waals surface area contributed by atoms with E-state index in [1.807, 2.05) is 0 Å². The molecule has 0 unspecified atom stereocenters. The van der Waals surface area contributed by atoms with Crippen LogP contribution in [0.2, 0.25) is 0 Å². The second-order valence-corrected chi connectivity index (χ2v) is 1.60. The molecule has 0 rings (SSSR count). The smallest absolute Gasteiger partial charge is 0.402 e. The van der Waals surface area contributed by atoms with Crippen LogP contribution >= 0.6 is 0 Å². The molecule has 0 aromatic carbocycles. The van der Waals surface area contributed by atoms with Crippen molar-refractivity contribution < 1.29 is 103 Å². The molecular formula is CH12B4F3NaO12. The summed E-state index contributed by atoms with van der Waals surface area (Å²) < 4.78 is 28.8. The van der Waals surface area contributed by atoms with Gasteiger partial charge >= 0.3 is 58.8 Å². The van der Waals surface area contributed by atoms with Crippen LogP contribution in [-0.2, 0) is 0 Å². The van der Waals surface area contributed by atoms with E-state index in [0.29, 0.717) is 0 Å². The summed E-state index contributed by atoms with van der Waals surface area (Å²) in [5.74, 6) is 0. The quantitative estimate of drug-likeness (QED) is 0.145. The molecule has 0 spiro atoms. The van der Waals surface area contributed by atoms with E-state index in [9.17, 15) is 13.2 Å². The molecule has 0 fully saturated rings. The number of hydrogen-bond acceptors (Lipinski definition) is 12. The predicted molar refractivity (Wildman–Crippen MR) is 56.2 cm³/mol. The molecule has 0 aromatic rings. The summed E-state index contributed by atoms with van der Waals surface area (Å²) in [7, 11) is -8.67. The van der Waals surface area contributed by atoms with Crippen molar-refractivity contribution in [1.29, 1.82) is 0 Å². The Balaban J connectivity index is -0.0000000331. The molecular weight excluding hydrogens is 327 g/mol. The van der Waals surface area contributed by atoms with Crippen molar-refractivity contribution in [2.24, 2.45) is 0 Å². The first-order valence-electron chi connectivity index (χ1n) is 3.67. The Morgan fingerprint density at radius 2 is 0.429 bits per heavy atom. The minimum absolute atomic E-state index is 0. The maximum atomic E-state index is 9.58. The van der Waals surface area contributed by atoms with Crippen LogP contribution in [-0.4, -0.2) is 89.6 Å². The molecule has 0 amide bonds. The van der Waals surface area contributed by atoms with Gasteiger partial charge in [-0.3, -0.25) is 0 Å². The van der Waals surface area contributed by atoms with E-state index in [4.69, 9.17) is 60.3 Å². The van der Waals surface area contributed by atoms with E-state index in [2.05, 4.69) is 0 Å². The van der Waals surface area contributed by atoms with Crippen LogP contribution < -0.4 is 29.6 Å². The zero-order valence-electron chi connectivity index (χ0n) is 10.3. The first kappa shape index (κ1) is 37.6. The number of halogens is 3. The third-order valence-corrected chi connectivity index (χ3v) is 0. The fraction of sp³-hybridized carbons (Fsp3) is 0. The molecule has 0 bridgehead atoms. The van der Waals surface area contributed by atoms with Crippen molar-refractivity contribution in [2.75, 3.05) is 0 Å². The normalized spacial score (nSPS) is 6.86. The van der Waals surface area contributed by atoms with Crippen LogP contribution in [0.1, 0.15) is 0 Å². The molecule has 0 radical (unpaired) electrons. The second-order valence-electron chi connectivity index (χ2n) is 1.60. The maximum absolute atomic E-state index is 9.58. The molecule has 12 N–H and O–H groups in total. The van der Waals surface area contributed by atoms with Gasteiger partial charge in [0.1, 0.15) is 0 Å². The standard InChI is InChI=1S/CF3.4BH3O3.Na/c5*2-1(3)4;/h;4*2-4H;/q-1;;;;;+1. The third kappa shape index (κ3) is 21900. The van der Waals surface area contributed by atoms with E-state index in [1.54, 1.807) is 0 Å². The zero-order valence-corrected chi connectivity index (χ0v) is 12.3. The Bertz CT molecular complexity index is 95.1. The molecule has 122 valence electrons. The maximum Gasteiger partial charge on any atom is 1.00 e. The fourth-order valence-electron chi connectivity index (χ4n) is 0. The van der Waals surface area contributed by atoms with Crippen molar-refractivity contribution >= 4 is 29.3 Å². The van der Waals surface area contributed by atoms with Crippen molar-refractivity contribution in [2.45, 2.75) is 0 Å². The van der Waals surface area contributed by atoms with Crippen molar-refractivity contribution in [3.8, 4) is 0 Å². The van der Waals surface area contributed by atoms with Crippen LogP contribution in [0.25, 0.3) is 0 Å². The van der Waals surface area contributed by atoms with Gasteiger partial charge in [-0.1, -0.05) is 0 Å². The average molecular weight is 339 g/mol. The SMILES string of the molecule is F[C-](F)F.OB(O)O.OB(O)O.OB(O)O.OB(O)O.[Na+]. The van der Waals surface area contributed by atoms with Crippen molar-refractivity contribution in [1.82, 2.24) is 0 Å². The molecule has 21 heavy (non-hydrogen) atoms. The second kappa shape index (κ2) is 32.5. The fourth-order valence-corrected chi connectivity index (χ4v) is 0. The van der Waals surface area contributed by atoms with Gasteiger partial charge in [-0.15, -0.1) is 0 Å². The van der Waals surface area contributed by atoms with E-state index < -0.39 is 36.0 Å². The predicted octanol–water partition coefficient (Wildman–Crippen LogP) is -9.86. The molecule has 0 saturated carbocycles. The van der Waals surface area contributed by atoms with Crippen molar-refractivity contribution in [3.63, 3.8) is 0 Å². The topological polar surface area (TPSA) is 243 Å². The van der Waals surface area contributed by atoms with Gasteiger partial charge in [0.05, 0.1) is 0 Å². The van der Waals surface area contributed by atoms with Crippen LogP contribution in [0.4, 0.5) is 13.2 Å². The largest absolute Gasteiger partial charge is 1.00 e. The molecule has 0 saturated heterocycles. The van der Waals surface area contributed by atoms with Gasteiger partial charge < -0.3 is 73.5 Å². The number of rotatable bonds is 0. The van der Waals surface area contributed by atoms with E-state index in [-0.39, 0.29) is 29.6 Å². The minimum atomic E-state index is -3.08. The van der Waals surface area contributed by atoms with Crippen LogP contribution in [0, 0.1) is 6.68 Å². The van der Waals surface area contributed by atoms with E-state index >= 15 is 0 Å². The Morgan fingerprint density at radius 3 is 0.429 bits per heavy atom. The zero-order chi connectivity index (χ0) is 17.9. The summed E-state index contributed by atoms with van der Waals surface area (Å²) in [5.41, 5.74) is 0. The van der Waals surface area contributed by atoms with Crippen molar-refractivity contribution in [3.05, 3.63) is 6.68 Å². The molecule has 0 aromatic heterocycles. The molecule has 0 heterocycles. The summed E-state index contributed by atoms with van der Waals surface area (Å²) in [6, 6.07) is 0. The van der Waals surface area contributed by atoms with Gasteiger partial charge in [-0.2, -0.15) is 0 Å². The van der Waals surface area contributed by atoms with Gasteiger partial charge in [-0.05, 0) is 0 Å². The molecule has 0 aliphatic carbocycles. The molecule has 20 heteroatoms. The molecule has 0 aliphatic heterocycles. The van der Waals surface area contributed by atoms with Gasteiger partial charge in [0.25, 0.3) is 0 Å². The van der Waals surface area contributed by atoms with Crippen LogP contribution in [0.3, 0.4) is 0 Å². The van der Waals surface area contributed by atoms with Gasteiger partial charge in [0.2, 0.25) is 0 Å². The monoisotopic (exact) mass is 340 g/mol. The summed E-state index contributed by atoms with van der Waals surface area (Å²) in [6.07, 6.45) is 0. The molecule has 12 nitrogen and oxygen atoms in total. The van der Waals surface area contributed by atoms with Gasteiger partial charge in [0, 0.05) is 0 Å². The molecule has 0 aliphatic rings. The molecule has 0 atom stereocenters. The van der Waals surface area contributed by atoms with Gasteiger partial charge in [0.15, 0.2) is 6.68 Å². The third-order valence-electron chi connectivity index (χ3n) is 0. The Morgan fingerprint density at radius 1 is 0.429 bits per heavy atom. The summed E-state index contributed by atoms with van der Waals surface area (Å²) in [4.78, 5) is 0. The van der Waals surface area contributed by atoms with Crippen LogP contribution in [0.5, 0.6) is 0 Å². The van der Waals surface area contributed by atoms with E-state index in [1.165, 1.54) is 0 Å². The first-order valence-corrected chi connectivity index (χ1v) is 3.67. The number of hydrogen-bond donors (Lipinski definition) is 12. The average Bonchev–Trinajstić information content (AvgIpc) is 1.94. The van der Waals surface area contributed by atoms with E-state index in [0.717, 1.165) is 0 Å². The summed E-state index contributed by atoms with van der Waals surface area (Å²) in [6.45, 7) is -3.08. The first-order chi connectivity index (χ1) is 8.66. The Labute approximate surface area is 139 Å². The van der Waals surface area contributed by atoms with Crippen LogP contribution in [0.15, 0.2) is 0 Å². The minimum Gasteiger partial charge on any atom is -0.402 e. The Kier molecular flexibility index (Phi) is 58.3. The summed E-state index contributed by atoms with van der Waals surface area (Å²) in [5, 5.41) is 86.0. The van der Waals surface area contributed by atoms with Gasteiger partial charge in [-0.25, -0.2) is 0 Å².